The number of methoxy groups -OCH3 is 1. The summed E-state index contributed by atoms with van der Waals surface area (Å²) in [7, 11) is 1.62. The summed E-state index contributed by atoms with van der Waals surface area (Å²) in [6, 6.07) is 11.0. The Hall–Kier alpha value is -3.10. The number of fused-ring (bicyclic) bond motifs is 1. The fourth-order valence-electron chi connectivity index (χ4n) is 2.40. The van der Waals surface area contributed by atoms with Crippen molar-refractivity contribution in [3.8, 4) is 11.5 Å². The normalized spacial score (nSPS) is 10.5. The Kier molecular flexibility index (Phi) is 9.63. The molecule has 30 heavy (non-hydrogen) atoms. The minimum Gasteiger partial charge on any atom is -0.497 e. The number of amides is 1. The molecule has 0 aliphatic heterocycles. The predicted molar refractivity (Wildman–Crippen MR) is 112 cm³/mol. The Morgan fingerprint density at radius 2 is 1.50 bits per heavy atom. The van der Waals surface area contributed by atoms with E-state index in [0.29, 0.717) is 37.7 Å². The average molecular weight is 417 g/mol. The fraction of sp³-hybridized carbons (Fsp3) is 0.364. The van der Waals surface area contributed by atoms with Crippen molar-refractivity contribution in [1.29, 1.82) is 0 Å². The van der Waals surface area contributed by atoms with Gasteiger partial charge < -0.3 is 29.0 Å². The molecule has 0 bridgehead atoms. The first kappa shape index (κ1) is 23.2. The van der Waals surface area contributed by atoms with E-state index >= 15 is 0 Å². The van der Waals surface area contributed by atoms with Gasteiger partial charge in [-0.15, -0.1) is 0 Å². The Morgan fingerprint density at radius 1 is 0.900 bits per heavy atom. The molecule has 2 rings (SSSR count). The zero-order valence-electron chi connectivity index (χ0n) is 17.3. The van der Waals surface area contributed by atoms with E-state index in [1.807, 2.05) is 24.3 Å². The second kappa shape index (κ2) is 12.5. The molecule has 0 spiro atoms. The monoisotopic (exact) mass is 417 g/mol. The molecule has 0 unspecified atom stereocenters. The highest BCUT2D eigenvalue weighted by molar-refractivity contribution is 5.87. The van der Waals surface area contributed by atoms with Gasteiger partial charge in [-0.25, -0.2) is 9.59 Å². The highest BCUT2D eigenvalue weighted by Gasteiger charge is 2.06. The average Bonchev–Trinajstić information content (AvgIpc) is 2.74. The molecular weight excluding hydrogens is 390 g/mol. The fourth-order valence-corrected chi connectivity index (χ4v) is 2.40. The molecule has 162 valence electrons. The molecule has 0 heterocycles. The maximum absolute atomic E-state index is 11.9. The maximum Gasteiger partial charge on any atom is 0.412 e. The Labute approximate surface area is 175 Å². The number of nitrogens with one attached hydrogen (secondary N) is 1. The summed E-state index contributed by atoms with van der Waals surface area (Å²) in [6.07, 6.45) is -0.554. The highest BCUT2D eigenvalue weighted by Crippen LogP contribution is 2.24. The molecular formula is C22H27NO7. The Balaban J connectivity index is 1.55. The molecule has 2 aromatic rings. The zero-order valence-corrected chi connectivity index (χ0v) is 17.3. The van der Waals surface area contributed by atoms with Gasteiger partial charge in [0.25, 0.3) is 0 Å². The number of carbonyl (C=O) groups excluding carboxylic acids is 2. The standard InChI is InChI=1S/C22H27NO7/c1-16(2)21(24)29-13-12-28-11-10-27-9-8-23-22(25)30-20-7-5-17-14-19(26-3)6-4-18(17)15-20/h4-7,14-15H,1,8-13H2,2-3H3,(H,23,25). The van der Waals surface area contributed by atoms with Crippen LogP contribution in [0.25, 0.3) is 10.8 Å². The summed E-state index contributed by atoms with van der Waals surface area (Å²) in [5.74, 6) is 0.786. The summed E-state index contributed by atoms with van der Waals surface area (Å²) < 4.78 is 26.0. The third-order valence-corrected chi connectivity index (χ3v) is 3.93. The molecule has 2 aromatic carbocycles. The second-order valence-corrected chi connectivity index (χ2v) is 6.33. The van der Waals surface area contributed by atoms with Gasteiger partial charge in [-0.1, -0.05) is 18.7 Å². The number of hydrogen-bond donors (Lipinski definition) is 1. The van der Waals surface area contributed by atoms with Crippen molar-refractivity contribution in [1.82, 2.24) is 5.32 Å². The number of ether oxygens (including phenoxy) is 5. The second-order valence-electron chi connectivity index (χ2n) is 6.33. The molecule has 0 fully saturated rings. The van der Waals surface area contributed by atoms with Gasteiger partial charge in [-0.2, -0.15) is 0 Å². The summed E-state index contributed by atoms with van der Waals surface area (Å²) >= 11 is 0. The molecule has 0 aromatic heterocycles. The lowest BCUT2D eigenvalue weighted by molar-refractivity contribution is -0.140. The lowest BCUT2D eigenvalue weighted by atomic mass is 10.1. The topological polar surface area (TPSA) is 92.3 Å². The van der Waals surface area contributed by atoms with Crippen molar-refractivity contribution in [2.45, 2.75) is 6.92 Å². The zero-order chi connectivity index (χ0) is 21.8. The van der Waals surface area contributed by atoms with E-state index in [1.165, 1.54) is 0 Å². The van der Waals surface area contributed by atoms with Crippen LogP contribution in [0, 0.1) is 0 Å². The molecule has 0 saturated heterocycles. The van der Waals surface area contributed by atoms with Gasteiger partial charge in [0, 0.05) is 12.1 Å². The number of benzene rings is 2. The van der Waals surface area contributed by atoms with Crippen LogP contribution in [0.15, 0.2) is 48.6 Å². The first-order valence-electron chi connectivity index (χ1n) is 9.51. The van der Waals surface area contributed by atoms with Crippen molar-refractivity contribution >= 4 is 22.8 Å². The van der Waals surface area contributed by atoms with Crippen molar-refractivity contribution in [3.63, 3.8) is 0 Å². The minimum atomic E-state index is -0.554. The van der Waals surface area contributed by atoms with Gasteiger partial charge >= 0.3 is 12.1 Å². The smallest absolute Gasteiger partial charge is 0.412 e. The molecule has 0 aliphatic rings. The maximum atomic E-state index is 11.9. The lowest BCUT2D eigenvalue weighted by Gasteiger charge is -2.09. The third kappa shape index (κ3) is 8.10. The van der Waals surface area contributed by atoms with Crippen LogP contribution in [-0.4, -0.2) is 58.8 Å². The third-order valence-electron chi connectivity index (χ3n) is 3.93. The van der Waals surface area contributed by atoms with Gasteiger partial charge in [0.05, 0.1) is 33.5 Å². The molecule has 1 N–H and O–H groups in total. The molecule has 0 saturated carbocycles. The number of hydrogen-bond acceptors (Lipinski definition) is 7. The van der Waals surface area contributed by atoms with Gasteiger partial charge in [-0.3, -0.25) is 0 Å². The SMILES string of the molecule is C=C(C)C(=O)OCCOCCOCCNC(=O)Oc1ccc2cc(OC)ccc2c1. The van der Waals surface area contributed by atoms with Gasteiger partial charge in [0.15, 0.2) is 0 Å². The molecule has 8 nitrogen and oxygen atoms in total. The van der Waals surface area contributed by atoms with Crippen LogP contribution in [0.2, 0.25) is 0 Å². The van der Waals surface area contributed by atoms with Crippen LogP contribution in [0.3, 0.4) is 0 Å². The first-order valence-corrected chi connectivity index (χ1v) is 9.51. The van der Waals surface area contributed by atoms with E-state index in [2.05, 4.69) is 11.9 Å². The van der Waals surface area contributed by atoms with E-state index < -0.39 is 12.1 Å². The lowest BCUT2D eigenvalue weighted by Crippen LogP contribution is -2.30. The predicted octanol–water partition coefficient (Wildman–Crippen LogP) is 3.09. The summed E-state index contributed by atoms with van der Waals surface area (Å²) in [4.78, 5) is 23.0. The van der Waals surface area contributed by atoms with Gasteiger partial charge in [0.1, 0.15) is 18.1 Å². The minimum absolute atomic E-state index is 0.168. The van der Waals surface area contributed by atoms with Crippen molar-refractivity contribution in [2.75, 3.05) is 46.7 Å². The van der Waals surface area contributed by atoms with Crippen molar-refractivity contribution in [2.24, 2.45) is 0 Å². The van der Waals surface area contributed by atoms with Crippen molar-refractivity contribution in [3.05, 3.63) is 48.6 Å². The Bertz CT molecular complexity index is 866. The first-order chi connectivity index (χ1) is 14.5. The van der Waals surface area contributed by atoms with E-state index in [1.54, 1.807) is 26.2 Å². The molecule has 8 heteroatoms. The summed E-state index contributed by atoms with van der Waals surface area (Å²) in [5.41, 5.74) is 0.352. The van der Waals surface area contributed by atoms with Crippen LogP contribution in [-0.2, 0) is 19.0 Å². The number of carbonyl (C=O) groups is 2. The molecule has 1 amide bonds. The van der Waals surface area contributed by atoms with Crippen LogP contribution in [0.4, 0.5) is 4.79 Å². The van der Waals surface area contributed by atoms with Crippen molar-refractivity contribution < 1.29 is 33.3 Å². The quantitative estimate of drug-likeness (QED) is 0.322. The summed E-state index contributed by atoms with van der Waals surface area (Å²) in [5, 5.41) is 4.55. The van der Waals surface area contributed by atoms with Crippen LogP contribution < -0.4 is 14.8 Å². The van der Waals surface area contributed by atoms with E-state index in [-0.39, 0.29) is 13.2 Å². The highest BCUT2D eigenvalue weighted by atomic mass is 16.6. The number of rotatable bonds is 12. The van der Waals surface area contributed by atoms with Crippen LogP contribution in [0.1, 0.15) is 6.92 Å². The van der Waals surface area contributed by atoms with Crippen LogP contribution in [0.5, 0.6) is 11.5 Å². The van der Waals surface area contributed by atoms with E-state index in [4.69, 9.17) is 23.7 Å². The van der Waals surface area contributed by atoms with Gasteiger partial charge in [0.2, 0.25) is 0 Å². The largest absolute Gasteiger partial charge is 0.497 e. The Morgan fingerprint density at radius 3 is 2.17 bits per heavy atom. The summed E-state index contributed by atoms with van der Waals surface area (Å²) in [6.45, 7) is 6.87. The molecule has 0 atom stereocenters. The van der Waals surface area contributed by atoms with E-state index in [9.17, 15) is 9.59 Å². The van der Waals surface area contributed by atoms with Crippen LogP contribution >= 0.6 is 0 Å². The van der Waals surface area contributed by atoms with Gasteiger partial charge in [-0.05, 0) is 42.0 Å². The number of esters is 1. The molecule has 0 radical (unpaired) electrons. The van der Waals surface area contributed by atoms with E-state index in [0.717, 1.165) is 16.5 Å². The molecule has 0 aliphatic carbocycles.